The Hall–Kier alpha value is -3.12. The molecule has 1 aromatic heterocycles. The highest BCUT2D eigenvalue weighted by atomic mass is 32.1. The van der Waals surface area contributed by atoms with Gasteiger partial charge >= 0.3 is 12.4 Å². The minimum absolute atomic E-state index is 0.000321. The molecule has 12 heteroatoms. The van der Waals surface area contributed by atoms with Crippen molar-refractivity contribution in [3.05, 3.63) is 65.4 Å². The van der Waals surface area contributed by atoms with Crippen molar-refractivity contribution in [1.29, 1.82) is 0 Å². The minimum atomic E-state index is -4.96. The number of halogens is 6. The SMILES string of the molecule is CCC1CN2CCC1CC2C(NC(=S)Nc1cc(C(F)(F)F)cc(C(F)(F)F)c1)c1ccnc2ccc(OC)cc12. The number of rotatable bonds is 6. The molecule has 2 N–H and O–H groups in total. The van der Waals surface area contributed by atoms with E-state index >= 15 is 0 Å². The second kappa shape index (κ2) is 11.3. The molecule has 0 saturated carbocycles. The fourth-order valence-corrected chi connectivity index (χ4v) is 6.50. The number of benzene rings is 2. The quantitative estimate of drug-likeness (QED) is 0.228. The predicted molar refractivity (Wildman–Crippen MR) is 149 cm³/mol. The number of anilines is 1. The van der Waals surface area contributed by atoms with Crippen LogP contribution < -0.4 is 15.4 Å². The van der Waals surface area contributed by atoms with E-state index in [1.807, 2.05) is 18.2 Å². The van der Waals surface area contributed by atoms with Crippen LogP contribution in [0, 0.1) is 11.8 Å². The first kappa shape index (κ1) is 29.4. The third-order valence-corrected chi connectivity index (χ3v) is 8.51. The van der Waals surface area contributed by atoms with Gasteiger partial charge in [0.1, 0.15) is 5.75 Å². The zero-order valence-electron chi connectivity index (χ0n) is 22.4. The average molecular weight is 597 g/mol. The first-order valence-corrected chi connectivity index (χ1v) is 13.8. The smallest absolute Gasteiger partial charge is 0.416 e. The third kappa shape index (κ3) is 6.23. The molecular weight excluding hydrogens is 566 g/mol. The van der Waals surface area contributed by atoms with Crippen LogP contribution in [0.1, 0.15) is 48.9 Å². The number of ether oxygens (including phenoxy) is 1. The lowest BCUT2D eigenvalue weighted by molar-refractivity contribution is -0.143. The van der Waals surface area contributed by atoms with E-state index in [2.05, 4.69) is 27.4 Å². The minimum Gasteiger partial charge on any atom is -0.497 e. The van der Waals surface area contributed by atoms with E-state index < -0.39 is 35.2 Å². The monoisotopic (exact) mass is 596 g/mol. The molecule has 220 valence electrons. The second-order valence-corrected chi connectivity index (χ2v) is 11.1. The maximum absolute atomic E-state index is 13.4. The molecule has 3 aliphatic heterocycles. The average Bonchev–Trinajstić information content (AvgIpc) is 2.94. The first-order valence-electron chi connectivity index (χ1n) is 13.4. The number of pyridine rings is 1. The van der Waals surface area contributed by atoms with E-state index in [0.29, 0.717) is 29.7 Å². The summed E-state index contributed by atoms with van der Waals surface area (Å²) in [7, 11) is 1.56. The Kier molecular flexibility index (Phi) is 8.08. The van der Waals surface area contributed by atoms with Gasteiger partial charge in [-0.3, -0.25) is 9.88 Å². The van der Waals surface area contributed by atoms with Gasteiger partial charge in [0, 0.05) is 29.9 Å². The molecule has 41 heavy (non-hydrogen) atoms. The summed E-state index contributed by atoms with van der Waals surface area (Å²) < 4.78 is 86.1. The van der Waals surface area contributed by atoms with Crippen molar-refractivity contribution in [3.8, 4) is 5.75 Å². The molecule has 3 aliphatic rings. The number of hydrogen-bond donors (Lipinski definition) is 2. The number of piperidine rings is 3. The van der Waals surface area contributed by atoms with Crippen LogP contribution in [0.3, 0.4) is 0 Å². The van der Waals surface area contributed by atoms with Crippen LogP contribution in [0.25, 0.3) is 10.9 Å². The fraction of sp³-hybridized carbons (Fsp3) is 0.448. The number of methoxy groups -OCH3 is 1. The Morgan fingerprint density at radius 1 is 1.07 bits per heavy atom. The van der Waals surface area contributed by atoms with Crippen molar-refractivity contribution in [2.24, 2.45) is 11.8 Å². The Balaban J connectivity index is 1.51. The Labute approximate surface area is 239 Å². The lowest BCUT2D eigenvalue weighted by Crippen LogP contribution is -2.58. The van der Waals surface area contributed by atoms with Crippen molar-refractivity contribution in [2.75, 3.05) is 25.5 Å². The molecule has 5 nitrogen and oxygen atoms in total. The van der Waals surface area contributed by atoms with Gasteiger partial charge < -0.3 is 15.4 Å². The third-order valence-electron chi connectivity index (χ3n) is 8.29. The molecule has 5 atom stereocenters. The van der Waals surface area contributed by atoms with Crippen molar-refractivity contribution >= 4 is 33.9 Å². The molecule has 2 aromatic carbocycles. The largest absolute Gasteiger partial charge is 0.497 e. The normalized spacial score (nSPS) is 23.3. The molecule has 3 fully saturated rings. The van der Waals surface area contributed by atoms with Crippen LogP contribution in [-0.2, 0) is 12.4 Å². The highest BCUT2D eigenvalue weighted by molar-refractivity contribution is 7.80. The lowest BCUT2D eigenvalue weighted by atomic mass is 9.72. The number of alkyl halides is 6. The maximum Gasteiger partial charge on any atom is 0.416 e. The van der Waals surface area contributed by atoms with E-state index in [4.69, 9.17) is 17.0 Å². The molecule has 6 rings (SSSR count). The van der Waals surface area contributed by atoms with Gasteiger partial charge in [0.25, 0.3) is 0 Å². The predicted octanol–water partition coefficient (Wildman–Crippen LogP) is 7.43. The summed E-state index contributed by atoms with van der Waals surface area (Å²) >= 11 is 5.51. The molecule has 0 radical (unpaired) electrons. The van der Waals surface area contributed by atoms with Gasteiger partial charge in [-0.1, -0.05) is 13.3 Å². The molecular formula is C29H30F6N4OS. The van der Waals surface area contributed by atoms with Crippen LogP contribution >= 0.6 is 12.2 Å². The number of nitrogens with one attached hydrogen (secondary N) is 2. The van der Waals surface area contributed by atoms with E-state index in [-0.39, 0.29) is 17.2 Å². The van der Waals surface area contributed by atoms with Gasteiger partial charge in [0.15, 0.2) is 5.11 Å². The summed E-state index contributed by atoms with van der Waals surface area (Å²) in [4.78, 5) is 6.88. The number of hydrogen-bond acceptors (Lipinski definition) is 4. The molecule has 0 spiro atoms. The van der Waals surface area contributed by atoms with Gasteiger partial charge in [-0.15, -0.1) is 0 Å². The van der Waals surface area contributed by atoms with Gasteiger partial charge in [-0.2, -0.15) is 26.3 Å². The molecule has 2 bridgehead atoms. The van der Waals surface area contributed by atoms with Gasteiger partial charge in [0.05, 0.1) is 29.8 Å². The summed E-state index contributed by atoms with van der Waals surface area (Å²) in [6.45, 7) is 4.00. The topological polar surface area (TPSA) is 49.4 Å². The standard InChI is InChI=1S/C29H30F6N4OS/c1-3-16-15-39-9-7-17(16)10-25(39)26(22-6-8-36-24-5-4-21(40-2)14-23(22)24)38-27(41)37-20-12-18(28(30,31)32)11-19(13-20)29(33,34)35/h4-6,8,11-14,16-17,25-26H,3,7,9-10,15H2,1-2H3,(H2,37,38,41). The van der Waals surface area contributed by atoms with Crippen LogP contribution in [0.5, 0.6) is 5.75 Å². The van der Waals surface area contributed by atoms with Gasteiger partial charge in [-0.25, -0.2) is 0 Å². The van der Waals surface area contributed by atoms with Crippen LogP contribution in [0.2, 0.25) is 0 Å². The number of nitrogens with zero attached hydrogens (tertiary/aromatic N) is 2. The van der Waals surface area contributed by atoms with Crippen LogP contribution in [0.4, 0.5) is 32.0 Å². The molecule has 0 amide bonds. The molecule has 3 aromatic rings. The highest BCUT2D eigenvalue weighted by Crippen LogP contribution is 2.43. The summed E-state index contributed by atoms with van der Waals surface area (Å²) in [5.41, 5.74) is -1.64. The van der Waals surface area contributed by atoms with Crippen LogP contribution in [-0.4, -0.2) is 41.2 Å². The highest BCUT2D eigenvalue weighted by Gasteiger charge is 2.43. The van der Waals surface area contributed by atoms with Crippen LogP contribution in [0.15, 0.2) is 48.7 Å². The van der Waals surface area contributed by atoms with Crippen molar-refractivity contribution in [1.82, 2.24) is 15.2 Å². The van der Waals surface area contributed by atoms with E-state index in [1.54, 1.807) is 19.4 Å². The summed E-state index contributed by atoms with van der Waals surface area (Å²) in [5.74, 6) is 1.72. The van der Waals surface area contributed by atoms with Gasteiger partial charge in [-0.05, 0) is 91.5 Å². The molecule has 3 saturated heterocycles. The Morgan fingerprint density at radius 3 is 2.37 bits per heavy atom. The van der Waals surface area contributed by atoms with E-state index in [0.717, 1.165) is 48.8 Å². The zero-order valence-corrected chi connectivity index (χ0v) is 23.3. The fourth-order valence-electron chi connectivity index (χ4n) is 6.25. The summed E-state index contributed by atoms with van der Waals surface area (Å²) in [6.07, 6.45) is -5.21. The Bertz CT molecular complexity index is 1400. The molecule has 5 unspecified atom stereocenters. The van der Waals surface area contributed by atoms with Gasteiger partial charge in [0.2, 0.25) is 0 Å². The summed E-state index contributed by atoms with van der Waals surface area (Å²) in [6, 6.07) is 8.32. The van der Waals surface area contributed by atoms with Crippen molar-refractivity contribution in [3.63, 3.8) is 0 Å². The summed E-state index contributed by atoms with van der Waals surface area (Å²) in [5, 5.41) is 6.61. The number of fused-ring (bicyclic) bond motifs is 4. The first-order chi connectivity index (χ1) is 19.4. The van der Waals surface area contributed by atoms with E-state index in [1.165, 1.54) is 0 Å². The maximum atomic E-state index is 13.4. The van der Waals surface area contributed by atoms with Crippen molar-refractivity contribution in [2.45, 2.75) is 50.6 Å². The molecule has 4 heterocycles. The van der Waals surface area contributed by atoms with E-state index in [9.17, 15) is 26.3 Å². The number of thiocarbonyl (C=S) groups is 1. The Morgan fingerprint density at radius 2 is 1.78 bits per heavy atom. The van der Waals surface area contributed by atoms with Crippen molar-refractivity contribution < 1.29 is 31.1 Å². The number of aromatic nitrogens is 1. The molecule has 0 aliphatic carbocycles. The zero-order chi connectivity index (χ0) is 29.5. The lowest BCUT2D eigenvalue weighted by Gasteiger charge is -2.52. The second-order valence-electron chi connectivity index (χ2n) is 10.7.